The molecule has 2 aliphatic rings. The molecular weight excluding hydrogens is 490 g/mol. The van der Waals surface area contributed by atoms with Gasteiger partial charge in [-0.25, -0.2) is 9.79 Å². The summed E-state index contributed by atoms with van der Waals surface area (Å²) in [4.78, 5) is 33.0. The quantitative estimate of drug-likeness (QED) is 0.468. The number of allylic oxidation sites excluding steroid dienone is 1. The lowest BCUT2D eigenvalue weighted by Gasteiger charge is -2.37. The summed E-state index contributed by atoms with van der Waals surface area (Å²) >= 11 is 1.42. The minimum absolute atomic E-state index is 0.0107. The van der Waals surface area contributed by atoms with Crippen LogP contribution in [0.3, 0.4) is 0 Å². The molecule has 1 amide bonds. The number of nitrogens with one attached hydrogen (secondary N) is 1. The molecule has 1 atom stereocenters. The number of ether oxygens (including phenoxy) is 3. The van der Waals surface area contributed by atoms with Gasteiger partial charge in [0, 0.05) is 17.3 Å². The number of nitrogens with zero attached hydrogens (tertiary/aromatic N) is 2. The van der Waals surface area contributed by atoms with Crippen molar-refractivity contribution in [3.63, 3.8) is 0 Å². The van der Waals surface area contributed by atoms with E-state index in [9.17, 15) is 9.59 Å². The van der Waals surface area contributed by atoms with Gasteiger partial charge in [0.05, 0.1) is 38.0 Å². The van der Waals surface area contributed by atoms with Crippen LogP contribution in [0.25, 0.3) is 0 Å². The summed E-state index contributed by atoms with van der Waals surface area (Å²) in [7, 11) is 3.17. The minimum Gasteiger partial charge on any atom is -0.497 e. The van der Waals surface area contributed by atoms with Crippen molar-refractivity contribution in [2.75, 3.05) is 14.2 Å². The van der Waals surface area contributed by atoms with Crippen molar-refractivity contribution < 1.29 is 23.8 Å². The molecule has 194 valence electrons. The lowest BCUT2D eigenvalue weighted by Crippen LogP contribution is -2.39. The van der Waals surface area contributed by atoms with E-state index in [4.69, 9.17) is 19.2 Å². The second-order valence-electron chi connectivity index (χ2n) is 8.96. The number of carbonyl (C=O) groups is 2. The first kappa shape index (κ1) is 26.3. The molecule has 0 aliphatic carbocycles. The molecule has 8 nitrogen and oxygen atoms in total. The highest BCUT2D eigenvalue weighted by atomic mass is 32.2. The van der Waals surface area contributed by atoms with Crippen molar-refractivity contribution in [1.29, 1.82) is 0 Å². The molecule has 0 spiro atoms. The van der Waals surface area contributed by atoms with Crippen molar-refractivity contribution in [1.82, 2.24) is 10.2 Å². The Bertz CT molecular complexity index is 1270. The molecule has 2 aromatic carbocycles. The summed E-state index contributed by atoms with van der Waals surface area (Å²) in [6.45, 7) is 5.76. The maximum absolute atomic E-state index is 13.6. The van der Waals surface area contributed by atoms with Crippen LogP contribution in [0.1, 0.15) is 44.4 Å². The molecule has 2 heterocycles. The van der Waals surface area contributed by atoms with Crippen molar-refractivity contribution in [3.05, 3.63) is 82.0 Å². The number of carbonyl (C=O) groups excluding carboxylic acids is 2. The minimum atomic E-state index is -0.631. The first-order chi connectivity index (χ1) is 17.8. The van der Waals surface area contributed by atoms with Crippen LogP contribution >= 0.6 is 11.8 Å². The van der Waals surface area contributed by atoms with E-state index in [2.05, 4.69) is 5.32 Å². The SMILES string of the molecule is COc1ccc(OC)c([C@H]2C(C(=O)OCc3ccccc3)=C(C)N=C3SC=C(CC(=O)NC(C)C)N32)c1. The van der Waals surface area contributed by atoms with E-state index in [0.29, 0.717) is 33.5 Å². The van der Waals surface area contributed by atoms with E-state index < -0.39 is 12.0 Å². The van der Waals surface area contributed by atoms with Gasteiger partial charge in [-0.15, -0.1) is 0 Å². The van der Waals surface area contributed by atoms with Gasteiger partial charge in [-0.1, -0.05) is 42.1 Å². The van der Waals surface area contributed by atoms with E-state index in [1.165, 1.54) is 11.8 Å². The number of thioether (sulfide) groups is 1. The van der Waals surface area contributed by atoms with Crippen LogP contribution in [-0.2, 0) is 20.9 Å². The average molecular weight is 522 g/mol. The third-order valence-corrected chi connectivity index (χ3v) is 6.84. The third-order valence-electron chi connectivity index (χ3n) is 5.96. The Balaban J connectivity index is 1.76. The Hall–Kier alpha value is -3.72. The maximum atomic E-state index is 13.6. The molecule has 0 saturated heterocycles. The number of aliphatic imine (C=N–C) groups is 1. The normalized spacial score (nSPS) is 16.7. The molecule has 37 heavy (non-hydrogen) atoms. The summed E-state index contributed by atoms with van der Waals surface area (Å²) in [6, 6.07) is 14.3. The first-order valence-electron chi connectivity index (χ1n) is 12.0. The number of amides is 1. The molecule has 0 bridgehead atoms. The van der Waals surface area contributed by atoms with Gasteiger partial charge in [0.2, 0.25) is 5.91 Å². The van der Waals surface area contributed by atoms with Crippen molar-refractivity contribution >= 4 is 28.8 Å². The zero-order valence-corrected chi connectivity index (χ0v) is 22.4. The molecular formula is C28H31N3O5S. The summed E-state index contributed by atoms with van der Waals surface area (Å²) in [5.74, 6) is 0.599. The smallest absolute Gasteiger partial charge is 0.338 e. The third kappa shape index (κ3) is 5.83. The monoisotopic (exact) mass is 521 g/mol. The molecule has 4 rings (SSSR count). The van der Waals surface area contributed by atoms with Gasteiger partial charge in [0.15, 0.2) is 5.17 Å². The predicted molar refractivity (Wildman–Crippen MR) is 144 cm³/mol. The van der Waals surface area contributed by atoms with E-state index in [1.54, 1.807) is 33.3 Å². The highest BCUT2D eigenvalue weighted by Gasteiger charge is 2.42. The number of hydrogen-bond donors (Lipinski definition) is 1. The number of fused-ring (bicyclic) bond motifs is 1. The summed E-state index contributed by atoms with van der Waals surface area (Å²) in [6.07, 6.45) is 0.137. The van der Waals surface area contributed by atoms with Gasteiger partial charge < -0.3 is 24.4 Å². The number of methoxy groups -OCH3 is 2. The van der Waals surface area contributed by atoms with Gasteiger partial charge in [-0.05, 0) is 49.9 Å². The van der Waals surface area contributed by atoms with Gasteiger partial charge >= 0.3 is 5.97 Å². The summed E-state index contributed by atoms with van der Waals surface area (Å²) < 4.78 is 17.0. The molecule has 0 saturated carbocycles. The fourth-order valence-electron chi connectivity index (χ4n) is 4.32. The highest BCUT2D eigenvalue weighted by Crippen LogP contribution is 2.47. The summed E-state index contributed by atoms with van der Waals surface area (Å²) in [5, 5.41) is 5.52. The van der Waals surface area contributed by atoms with Crippen LogP contribution in [0.5, 0.6) is 11.5 Å². The Morgan fingerprint density at radius 3 is 2.54 bits per heavy atom. The zero-order valence-electron chi connectivity index (χ0n) is 21.6. The van der Waals surface area contributed by atoms with E-state index in [-0.39, 0.29) is 25.0 Å². The Morgan fingerprint density at radius 1 is 1.11 bits per heavy atom. The highest BCUT2D eigenvalue weighted by molar-refractivity contribution is 8.16. The number of amidine groups is 1. The Morgan fingerprint density at radius 2 is 1.86 bits per heavy atom. The van der Waals surface area contributed by atoms with Crippen LogP contribution in [0.4, 0.5) is 0 Å². The predicted octanol–water partition coefficient (Wildman–Crippen LogP) is 4.94. The van der Waals surface area contributed by atoms with Crippen LogP contribution in [-0.4, -0.2) is 42.2 Å². The number of hydrogen-bond acceptors (Lipinski definition) is 8. The number of benzene rings is 2. The molecule has 2 aromatic rings. The fourth-order valence-corrected chi connectivity index (χ4v) is 5.28. The number of rotatable bonds is 9. The topological polar surface area (TPSA) is 89.5 Å². The van der Waals surface area contributed by atoms with Crippen molar-refractivity contribution in [2.45, 2.75) is 45.9 Å². The van der Waals surface area contributed by atoms with Crippen LogP contribution in [0, 0.1) is 0 Å². The van der Waals surface area contributed by atoms with Crippen molar-refractivity contribution in [3.8, 4) is 11.5 Å². The van der Waals surface area contributed by atoms with Crippen LogP contribution < -0.4 is 14.8 Å². The maximum Gasteiger partial charge on any atom is 0.338 e. The number of esters is 1. The molecule has 0 unspecified atom stereocenters. The van der Waals surface area contributed by atoms with E-state index in [1.807, 2.05) is 60.6 Å². The van der Waals surface area contributed by atoms with Crippen molar-refractivity contribution in [2.24, 2.45) is 4.99 Å². The standard InChI is InChI=1S/C28H31N3O5S/c1-17(2)29-24(32)13-20-16-37-28-30-18(3)25(27(33)36-15-19-9-7-6-8-10-19)26(31(20)28)22-14-21(34-4)11-12-23(22)35-5/h6-12,14,16-17,26H,13,15H2,1-5H3,(H,29,32)/t26-/m0/s1. The summed E-state index contributed by atoms with van der Waals surface area (Å²) in [5.41, 5.74) is 3.25. The van der Waals surface area contributed by atoms with Gasteiger partial charge in [0.1, 0.15) is 18.1 Å². The van der Waals surface area contributed by atoms with E-state index >= 15 is 0 Å². The van der Waals surface area contributed by atoms with Crippen LogP contribution in [0.15, 0.2) is 75.9 Å². The fraction of sp³-hybridized carbons (Fsp3) is 0.321. The second-order valence-corrected chi connectivity index (χ2v) is 9.80. The molecule has 2 aliphatic heterocycles. The van der Waals surface area contributed by atoms with Gasteiger partial charge in [-0.3, -0.25) is 4.79 Å². The lowest BCUT2D eigenvalue weighted by atomic mass is 9.92. The Kier molecular flexibility index (Phi) is 8.23. The zero-order chi connectivity index (χ0) is 26.5. The van der Waals surface area contributed by atoms with Crippen LogP contribution in [0.2, 0.25) is 0 Å². The molecule has 0 radical (unpaired) electrons. The molecule has 9 heteroatoms. The van der Waals surface area contributed by atoms with Gasteiger partial charge in [0.25, 0.3) is 0 Å². The lowest BCUT2D eigenvalue weighted by molar-refractivity contribution is -0.141. The largest absolute Gasteiger partial charge is 0.497 e. The second kappa shape index (κ2) is 11.6. The van der Waals surface area contributed by atoms with E-state index in [0.717, 1.165) is 11.3 Å². The van der Waals surface area contributed by atoms with Gasteiger partial charge in [-0.2, -0.15) is 0 Å². The first-order valence-corrected chi connectivity index (χ1v) is 12.9. The average Bonchev–Trinajstić information content (AvgIpc) is 3.27. The Labute approximate surface area is 221 Å². The molecule has 0 aromatic heterocycles. The molecule has 0 fully saturated rings. The molecule has 1 N–H and O–H groups in total.